The summed E-state index contributed by atoms with van der Waals surface area (Å²) in [5, 5.41) is 2.18. The SMILES string of the molecule is CCCCCCCOC(=O)CCCCCCCCCCCCCCCc1cccs1. The van der Waals surface area contributed by atoms with Crippen molar-refractivity contribution in [3.8, 4) is 0 Å². The summed E-state index contributed by atoms with van der Waals surface area (Å²) in [7, 11) is 0. The molecule has 0 saturated heterocycles. The van der Waals surface area contributed by atoms with E-state index < -0.39 is 0 Å². The third kappa shape index (κ3) is 18.0. The van der Waals surface area contributed by atoms with E-state index in [4.69, 9.17) is 4.74 Å². The van der Waals surface area contributed by atoms with E-state index in [9.17, 15) is 4.79 Å². The van der Waals surface area contributed by atoms with Gasteiger partial charge in [-0.2, -0.15) is 0 Å². The summed E-state index contributed by atoms with van der Waals surface area (Å²) in [4.78, 5) is 13.2. The predicted octanol–water partition coefficient (Wildman–Crippen LogP) is 9.27. The number of hydrogen-bond acceptors (Lipinski definition) is 3. The number of hydrogen-bond donors (Lipinski definition) is 0. The first kappa shape index (κ1) is 27.2. The van der Waals surface area contributed by atoms with Crippen molar-refractivity contribution in [2.24, 2.45) is 0 Å². The van der Waals surface area contributed by atoms with Crippen molar-refractivity contribution in [3.63, 3.8) is 0 Å². The van der Waals surface area contributed by atoms with Crippen molar-refractivity contribution in [1.82, 2.24) is 0 Å². The summed E-state index contributed by atoms with van der Waals surface area (Å²) in [6.45, 7) is 2.84. The Kier molecular flexibility index (Phi) is 19.4. The van der Waals surface area contributed by atoms with E-state index in [-0.39, 0.29) is 5.97 Å². The lowest BCUT2D eigenvalue weighted by atomic mass is 10.0. The Hall–Kier alpha value is -0.830. The van der Waals surface area contributed by atoms with Crippen molar-refractivity contribution in [2.75, 3.05) is 6.61 Å². The minimum absolute atomic E-state index is 0.0111. The lowest BCUT2D eigenvalue weighted by Crippen LogP contribution is -2.05. The zero-order chi connectivity index (χ0) is 21.5. The molecule has 0 fully saturated rings. The molecule has 0 unspecified atom stereocenters. The van der Waals surface area contributed by atoms with Gasteiger partial charge in [0.1, 0.15) is 0 Å². The zero-order valence-electron chi connectivity index (χ0n) is 19.8. The average molecular weight is 437 g/mol. The Morgan fingerprint density at radius 3 is 1.83 bits per heavy atom. The zero-order valence-corrected chi connectivity index (χ0v) is 20.6. The lowest BCUT2D eigenvalue weighted by Gasteiger charge is -2.05. The summed E-state index contributed by atoms with van der Waals surface area (Å²) in [5.41, 5.74) is 0. The number of aryl methyl sites for hydroxylation is 1. The molecule has 0 saturated carbocycles. The van der Waals surface area contributed by atoms with Gasteiger partial charge in [0, 0.05) is 11.3 Å². The molecule has 3 heteroatoms. The van der Waals surface area contributed by atoms with Gasteiger partial charge < -0.3 is 4.74 Å². The summed E-state index contributed by atoms with van der Waals surface area (Å²) in [6, 6.07) is 4.42. The molecule has 2 nitrogen and oxygen atoms in total. The van der Waals surface area contributed by atoms with Crippen molar-refractivity contribution in [3.05, 3.63) is 22.4 Å². The molecule has 0 bridgehead atoms. The van der Waals surface area contributed by atoms with Gasteiger partial charge in [-0.3, -0.25) is 4.79 Å². The highest BCUT2D eigenvalue weighted by atomic mass is 32.1. The van der Waals surface area contributed by atoms with Crippen LogP contribution in [0.3, 0.4) is 0 Å². The molecule has 1 rings (SSSR count). The Morgan fingerprint density at radius 2 is 1.27 bits per heavy atom. The van der Waals surface area contributed by atoms with Crippen LogP contribution in [0.25, 0.3) is 0 Å². The lowest BCUT2D eigenvalue weighted by molar-refractivity contribution is -0.143. The van der Waals surface area contributed by atoms with Gasteiger partial charge in [0.25, 0.3) is 0 Å². The van der Waals surface area contributed by atoms with Crippen LogP contribution >= 0.6 is 11.3 Å². The molecular formula is C27H48O2S. The minimum Gasteiger partial charge on any atom is -0.466 e. The Labute approximate surface area is 191 Å². The fourth-order valence-electron chi connectivity index (χ4n) is 3.93. The van der Waals surface area contributed by atoms with E-state index in [0.29, 0.717) is 13.0 Å². The Balaban J connectivity index is 1.70. The summed E-state index contributed by atoms with van der Waals surface area (Å²) < 4.78 is 5.31. The highest BCUT2D eigenvalue weighted by Crippen LogP contribution is 2.16. The first-order chi connectivity index (χ1) is 14.8. The molecule has 0 spiro atoms. The molecule has 0 aliphatic carbocycles. The van der Waals surface area contributed by atoms with E-state index in [2.05, 4.69) is 24.4 Å². The molecule has 0 amide bonds. The topological polar surface area (TPSA) is 26.3 Å². The second kappa shape index (κ2) is 21.4. The number of carbonyl (C=O) groups excluding carboxylic acids is 1. The van der Waals surface area contributed by atoms with Crippen LogP contribution in [-0.2, 0) is 16.0 Å². The predicted molar refractivity (Wildman–Crippen MR) is 132 cm³/mol. The first-order valence-electron chi connectivity index (χ1n) is 13.0. The van der Waals surface area contributed by atoms with E-state index in [1.54, 1.807) is 4.88 Å². The van der Waals surface area contributed by atoms with Gasteiger partial charge in [-0.15, -0.1) is 11.3 Å². The van der Waals surface area contributed by atoms with E-state index in [1.165, 1.54) is 109 Å². The summed E-state index contributed by atoms with van der Waals surface area (Å²) >= 11 is 1.89. The summed E-state index contributed by atoms with van der Waals surface area (Å²) in [5.74, 6) is 0.0111. The average Bonchev–Trinajstić information content (AvgIpc) is 3.27. The Morgan fingerprint density at radius 1 is 0.733 bits per heavy atom. The van der Waals surface area contributed by atoms with Crippen molar-refractivity contribution in [1.29, 1.82) is 0 Å². The van der Waals surface area contributed by atoms with E-state index in [0.717, 1.165) is 12.8 Å². The van der Waals surface area contributed by atoms with Gasteiger partial charge in [0.2, 0.25) is 0 Å². The maximum absolute atomic E-state index is 11.7. The smallest absolute Gasteiger partial charge is 0.305 e. The van der Waals surface area contributed by atoms with Crippen LogP contribution in [0.15, 0.2) is 17.5 Å². The first-order valence-corrected chi connectivity index (χ1v) is 13.9. The van der Waals surface area contributed by atoms with E-state index >= 15 is 0 Å². The van der Waals surface area contributed by atoms with Crippen LogP contribution in [0.4, 0.5) is 0 Å². The number of ether oxygens (including phenoxy) is 1. The maximum atomic E-state index is 11.7. The van der Waals surface area contributed by atoms with Crippen LogP contribution in [0.5, 0.6) is 0 Å². The summed E-state index contributed by atoms with van der Waals surface area (Å²) in [6.07, 6.45) is 25.3. The van der Waals surface area contributed by atoms with Gasteiger partial charge in [-0.1, -0.05) is 109 Å². The normalized spacial score (nSPS) is 11.1. The highest BCUT2D eigenvalue weighted by molar-refractivity contribution is 7.09. The molecule has 1 aromatic rings. The van der Waals surface area contributed by atoms with Gasteiger partial charge in [0.15, 0.2) is 0 Å². The van der Waals surface area contributed by atoms with Crippen LogP contribution in [0.1, 0.15) is 134 Å². The molecule has 0 aromatic carbocycles. The molecule has 0 atom stereocenters. The van der Waals surface area contributed by atoms with Gasteiger partial charge in [-0.05, 0) is 37.1 Å². The fraction of sp³-hybridized carbons (Fsp3) is 0.815. The van der Waals surface area contributed by atoms with Gasteiger partial charge in [-0.25, -0.2) is 0 Å². The molecule has 1 heterocycles. The van der Waals surface area contributed by atoms with Gasteiger partial charge >= 0.3 is 5.97 Å². The Bertz CT molecular complexity index is 469. The van der Waals surface area contributed by atoms with Crippen molar-refractivity contribution < 1.29 is 9.53 Å². The maximum Gasteiger partial charge on any atom is 0.305 e. The third-order valence-electron chi connectivity index (χ3n) is 5.90. The molecular weight excluding hydrogens is 388 g/mol. The molecule has 30 heavy (non-hydrogen) atoms. The second-order valence-electron chi connectivity index (χ2n) is 8.81. The number of rotatable bonds is 22. The molecule has 174 valence electrons. The van der Waals surface area contributed by atoms with Gasteiger partial charge in [0.05, 0.1) is 6.61 Å². The van der Waals surface area contributed by atoms with E-state index in [1.807, 2.05) is 11.3 Å². The second-order valence-corrected chi connectivity index (χ2v) is 9.84. The molecule has 0 N–H and O–H groups in total. The minimum atomic E-state index is 0.0111. The van der Waals surface area contributed by atoms with Crippen LogP contribution in [0.2, 0.25) is 0 Å². The van der Waals surface area contributed by atoms with Crippen LogP contribution in [-0.4, -0.2) is 12.6 Å². The quantitative estimate of drug-likeness (QED) is 0.134. The number of esters is 1. The molecule has 0 radical (unpaired) electrons. The molecule has 0 aliphatic heterocycles. The number of unbranched alkanes of at least 4 members (excludes halogenated alkanes) is 16. The molecule has 0 aliphatic rings. The monoisotopic (exact) mass is 436 g/mol. The van der Waals surface area contributed by atoms with Crippen molar-refractivity contribution >= 4 is 17.3 Å². The van der Waals surface area contributed by atoms with Crippen molar-refractivity contribution in [2.45, 2.75) is 135 Å². The number of thiophene rings is 1. The molecule has 1 aromatic heterocycles. The number of carbonyl (C=O) groups is 1. The largest absolute Gasteiger partial charge is 0.466 e. The fourth-order valence-corrected chi connectivity index (χ4v) is 4.68. The standard InChI is InChI=1S/C27H48O2S/c1-2-3-4-16-19-24-29-27(28)23-18-15-13-11-9-7-5-6-8-10-12-14-17-21-26-22-20-25-30-26/h20,22,25H,2-19,21,23-24H2,1H3. The van der Waals surface area contributed by atoms with Crippen LogP contribution in [0, 0.1) is 0 Å². The third-order valence-corrected chi connectivity index (χ3v) is 6.83. The van der Waals surface area contributed by atoms with Crippen LogP contribution < -0.4 is 0 Å². The highest BCUT2D eigenvalue weighted by Gasteiger charge is 2.02.